The fourth-order valence-corrected chi connectivity index (χ4v) is 3.21. The Morgan fingerprint density at radius 2 is 2.13 bits per heavy atom. The number of benzene rings is 1. The Bertz CT molecular complexity index is 842. The van der Waals surface area contributed by atoms with E-state index >= 15 is 0 Å². The zero-order chi connectivity index (χ0) is 16.2. The molecule has 3 aromatic rings. The molecule has 0 saturated heterocycles. The number of aryl methyl sites for hydroxylation is 1. The highest BCUT2D eigenvalue weighted by atomic mass is 32.1. The first-order valence-corrected chi connectivity index (χ1v) is 8.20. The van der Waals surface area contributed by atoms with E-state index in [1.807, 2.05) is 43.3 Å². The molecule has 120 valence electrons. The van der Waals surface area contributed by atoms with Crippen LogP contribution in [0, 0.1) is 6.92 Å². The second kappa shape index (κ2) is 7.04. The smallest absolute Gasteiger partial charge is 0.262 e. The number of nitrogens with zero attached hydrogens (tertiary/aromatic N) is 2. The normalized spacial score (nSPS) is 12.6. The van der Waals surface area contributed by atoms with Crippen molar-refractivity contribution in [3.8, 4) is 0 Å². The number of aliphatic hydroxyl groups excluding tert-OH is 1. The summed E-state index contributed by atoms with van der Waals surface area (Å²) < 4.78 is 6.94. The van der Waals surface area contributed by atoms with Gasteiger partial charge in [-0.05, 0) is 18.6 Å². The molecule has 5 nitrogen and oxygen atoms in total. The average Bonchev–Trinajstić information content (AvgIpc) is 2.93. The van der Waals surface area contributed by atoms with E-state index in [2.05, 4.69) is 4.98 Å². The van der Waals surface area contributed by atoms with Gasteiger partial charge in [-0.15, -0.1) is 11.3 Å². The van der Waals surface area contributed by atoms with Gasteiger partial charge in [0.1, 0.15) is 4.83 Å². The van der Waals surface area contributed by atoms with Crippen molar-refractivity contribution in [1.29, 1.82) is 0 Å². The number of aliphatic hydroxyl groups is 1. The van der Waals surface area contributed by atoms with E-state index in [9.17, 15) is 9.90 Å². The van der Waals surface area contributed by atoms with Gasteiger partial charge in [0.2, 0.25) is 0 Å². The molecular weight excluding hydrogens is 312 g/mol. The van der Waals surface area contributed by atoms with Crippen molar-refractivity contribution < 1.29 is 9.84 Å². The van der Waals surface area contributed by atoms with Crippen molar-refractivity contribution in [2.75, 3.05) is 6.61 Å². The van der Waals surface area contributed by atoms with Crippen LogP contribution in [0.1, 0.15) is 10.4 Å². The van der Waals surface area contributed by atoms with Gasteiger partial charge in [0, 0.05) is 4.88 Å². The van der Waals surface area contributed by atoms with Gasteiger partial charge >= 0.3 is 0 Å². The highest BCUT2D eigenvalue weighted by Gasteiger charge is 2.11. The largest absolute Gasteiger partial charge is 0.389 e. The van der Waals surface area contributed by atoms with Crippen LogP contribution in [-0.4, -0.2) is 27.4 Å². The van der Waals surface area contributed by atoms with Crippen molar-refractivity contribution in [3.05, 3.63) is 63.5 Å². The number of ether oxygens (including phenoxy) is 1. The van der Waals surface area contributed by atoms with Gasteiger partial charge in [-0.2, -0.15) is 0 Å². The monoisotopic (exact) mass is 330 g/mol. The number of rotatable bonds is 6. The summed E-state index contributed by atoms with van der Waals surface area (Å²) in [4.78, 5) is 18.4. The Balaban J connectivity index is 1.60. The van der Waals surface area contributed by atoms with Gasteiger partial charge in [0.15, 0.2) is 0 Å². The minimum absolute atomic E-state index is 0.124. The zero-order valence-corrected chi connectivity index (χ0v) is 13.6. The zero-order valence-electron chi connectivity index (χ0n) is 12.8. The van der Waals surface area contributed by atoms with Crippen LogP contribution in [0.4, 0.5) is 0 Å². The topological polar surface area (TPSA) is 64.4 Å². The van der Waals surface area contributed by atoms with Crippen LogP contribution in [0.2, 0.25) is 0 Å². The number of fused-ring (bicyclic) bond motifs is 1. The Morgan fingerprint density at radius 1 is 1.35 bits per heavy atom. The van der Waals surface area contributed by atoms with Crippen LogP contribution < -0.4 is 5.56 Å². The van der Waals surface area contributed by atoms with E-state index in [1.54, 1.807) is 0 Å². The molecule has 23 heavy (non-hydrogen) atoms. The predicted molar refractivity (Wildman–Crippen MR) is 90.7 cm³/mol. The number of hydrogen-bond acceptors (Lipinski definition) is 5. The molecular formula is C17H18N2O3S. The maximum absolute atomic E-state index is 12.4. The van der Waals surface area contributed by atoms with Crippen LogP contribution in [0.25, 0.3) is 10.2 Å². The van der Waals surface area contributed by atoms with E-state index in [-0.39, 0.29) is 18.7 Å². The van der Waals surface area contributed by atoms with Gasteiger partial charge in [0.25, 0.3) is 5.56 Å². The molecule has 0 saturated carbocycles. The molecule has 0 bridgehead atoms. The first-order valence-electron chi connectivity index (χ1n) is 7.39. The van der Waals surface area contributed by atoms with Crippen molar-refractivity contribution >= 4 is 21.6 Å². The number of aromatic nitrogens is 2. The van der Waals surface area contributed by atoms with E-state index in [4.69, 9.17) is 4.74 Å². The maximum atomic E-state index is 12.4. The lowest BCUT2D eigenvalue weighted by Gasteiger charge is -2.13. The third-order valence-corrected chi connectivity index (χ3v) is 4.43. The van der Waals surface area contributed by atoms with E-state index < -0.39 is 6.10 Å². The molecule has 0 spiro atoms. The lowest BCUT2D eigenvalue weighted by Crippen LogP contribution is -2.29. The van der Waals surface area contributed by atoms with Crippen molar-refractivity contribution in [2.45, 2.75) is 26.2 Å². The Hall–Kier alpha value is -2.02. The number of thiophene rings is 1. The molecule has 0 amide bonds. The van der Waals surface area contributed by atoms with Gasteiger partial charge < -0.3 is 9.84 Å². The molecule has 3 rings (SSSR count). The summed E-state index contributed by atoms with van der Waals surface area (Å²) in [5.74, 6) is 0. The van der Waals surface area contributed by atoms with Gasteiger partial charge in [-0.25, -0.2) is 4.98 Å². The fourth-order valence-electron chi connectivity index (χ4n) is 2.38. The maximum Gasteiger partial charge on any atom is 0.262 e. The van der Waals surface area contributed by atoms with Crippen LogP contribution in [0.3, 0.4) is 0 Å². The summed E-state index contributed by atoms with van der Waals surface area (Å²) >= 11 is 1.49. The third kappa shape index (κ3) is 3.85. The molecule has 1 atom stereocenters. The minimum atomic E-state index is -0.754. The molecule has 2 aromatic heterocycles. The Kier molecular flexibility index (Phi) is 4.85. The minimum Gasteiger partial charge on any atom is -0.389 e. The lowest BCUT2D eigenvalue weighted by atomic mass is 10.2. The summed E-state index contributed by atoms with van der Waals surface area (Å²) in [6.45, 7) is 2.73. The fraction of sp³-hybridized carbons (Fsp3) is 0.294. The summed E-state index contributed by atoms with van der Waals surface area (Å²) in [6.07, 6.45) is 0.733. The van der Waals surface area contributed by atoms with Crippen LogP contribution in [-0.2, 0) is 17.9 Å². The van der Waals surface area contributed by atoms with Crippen molar-refractivity contribution in [2.24, 2.45) is 0 Å². The molecule has 6 heteroatoms. The van der Waals surface area contributed by atoms with Gasteiger partial charge in [-0.3, -0.25) is 9.36 Å². The summed E-state index contributed by atoms with van der Waals surface area (Å²) in [7, 11) is 0. The van der Waals surface area contributed by atoms with E-state index in [0.29, 0.717) is 12.0 Å². The van der Waals surface area contributed by atoms with Crippen LogP contribution >= 0.6 is 11.3 Å². The van der Waals surface area contributed by atoms with Crippen LogP contribution in [0.5, 0.6) is 0 Å². The first-order chi connectivity index (χ1) is 11.1. The second-order valence-electron chi connectivity index (χ2n) is 5.43. The molecule has 2 heterocycles. The molecule has 1 N–H and O–H groups in total. The highest BCUT2D eigenvalue weighted by molar-refractivity contribution is 7.18. The molecule has 0 fully saturated rings. The molecule has 1 aromatic carbocycles. The van der Waals surface area contributed by atoms with Crippen LogP contribution in [0.15, 0.2) is 47.5 Å². The average molecular weight is 330 g/mol. The van der Waals surface area contributed by atoms with Gasteiger partial charge in [-0.1, -0.05) is 30.3 Å². The first kappa shape index (κ1) is 15.9. The molecule has 0 aliphatic carbocycles. The Morgan fingerprint density at radius 3 is 2.91 bits per heavy atom. The van der Waals surface area contributed by atoms with E-state index in [1.165, 1.54) is 22.2 Å². The number of hydrogen-bond donors (Lipinski definition) is 1. The van der Waals surface area contributed by atoms with Gasteiger partial charge in [0.05, 0.1) is 37.6 Å². The molecule has 0 radical (unpaired) electrons. The van der Waals surface area contributed by atoms with E-state index in [0.717, 1.165) is 15.3 Å². The highest BCUT2D eigenvalue weighted by Crippen LogP contribution is 2.19. The molecule has 0 aliphatic heterocycles. The molecule has 1 unspecified atom stereocenters. The predicted octanol–water partition coefficient (Wildman–Crippen LogP) is 2.34. The van der Waals surface area contributed by atoms with Crippen molar-refractivity contribution in [3.63, 3.8) is 0 Å². The molecule has 0 aliphatic rings. The van der Waals surface area contributed by atoms with Crippen molar-refractivity contribution in [1.82, 2.24) is 9.55 Å². The third-order valence-electron chi connectivity index (χ3n) is 3.47. The lowest BCUT2D eigenvalue weighted by molar-refractivity contribution is 0.0198. The SMILES string of the molecule is Cc1cc2c(=O)n(CC(O)COCc3ccccc3)cnc2s1. The second-order valence-corrected chi connectivity index (χ2v) is 6.67. The quantitative estimate of drug-likeness (QED) is 0.753. The summed E-state index contributed by atoms with van der Waals surface area (Å²) in [6, 6.07) is 11.6. The Labute approximate surface area is 137 Å². The summed E-state index contributed by atoms with van der Waals surface area (Å²) in [5, 5.41) is 10.7. The standard InChI is InChI=1S/C17H18N2O3S/c1-12-7-15-16(23-12)18-11-19(17(15)21)8-14(20)10-22-9-13-5-3-2-4-6-13/h2-7,11,14,20H,8-10H2,1H3. The summed E-state index contributed by atoms with van der Waals surface area (Å²) in [5.41, 5.74) is 0.926.